The second-order valence-corrected chi connectivity index (χ2v) is 9.56. The molecule has 1 aliphatic rings. The Kier molecular flexibility index (Phi) is 6.15. The van der Waals surface area contributed by atoms with Crippen LogP contribution >= 0.6 is 0 Å². The van der Waals surface area contributed by atoms with Gasteiger partial charge in [-0.25, -0.2) is 18.1 Å². The van der Waals surface area contributed by atoms with E-state index < -0.39 is 16.1 Å². The minimum absolute atomic E-state index is 0.218. The monoisotopic (exact) mass is 439 g/mol. The van der Waals surface area contributed by atoms with Crippen LogP contribution in [0.3, 0.4) is 0 Å². The van der Waals surface area contributed by atoms with Crippen molar-refractivity contribution < 1.29 is 13.2 Å². The highest BCUT2D eigenvalue weighted by atomic mass is 32.2. The van der Waals surface area contributed by atoms with Crippen molar-refractivity contribution >= 4 is 15.9 Å². The van der Waals surface area contributed by atoms with E-state index >= 15 is 0 Å². The Labute approximate surface area is 182 Å². The summed E-state index contributed by atoms with van der Waals surface area (Å²) < 4.78 is 29.2. The van der Waals surface area contributed by atoms with E-state index in [2.05, 4.69) is 15.4 Å². The molecule has 2 heterocycles. The third kappa shape index (κ3) is 4.67. The predicted molar refractivity (Wildman–Crippen MR) is 116 cm³/mol. The number of benzene rings is 2. The first-order chi connectivity index (χ1) is 14.9. The minimum Gasteiger partial charge on any atom is -0.351 e. The quantitative estimate of drug-likeness (QED) is 0.608. The zero-order valence-electron chi connectivity index (χ0n) is 17.3. The van der Waals surface area contributed by atoms with Gasteiger partial charge in [-0.15, -0.1) is 0 Å². The van der Waals surface area contributed by atoms with E-state index in [4.69, 9.17) is 0 Å². The second kappa shape index (κ2) is 8.99. The fourth-order valence-corrected chi connectivity index (χ4v) is 5.47. The van der Waals surface area contributed by atoms with Gasteiger partial charge in [-0.1, -0.05) is 42.0 Å². The van der Waals surface area contributed by atoms with Crippen molar-refractivity contribution in [2.24, 2.45) is 0 Å². The molecule has 0 radical (unpaired) electrons. The Bertz CT molecular complexity index is 1140. The van der Waals surface area contributed by atoms with Crippen LogP contribution in [0.2, 0.25) is 0 Å². The Balaban J connectivity index is 1.46. The van der Waals surface area contributed by atoms with E-state index in [0.29, 0.717) is 32.5 Å². The zero-order valence-corrected chi connectivity index (χ0v) is 18.1. The first kappa shape index (κ1) is 21.2. The number of hydrogen-bond acceptors (Lipinski definition) is 5. The molecular formula is C22H25N5O3S. The summed E-state index contributed by atoms with van der Waals surface area (Å²) in [5.74, 6) is -0.274. The van der Waals surface area contributed by atoms with Gasteiger partial charge >= 0.3 is 0 Å². The lowest BCUT2D eigenvalue weighted by atomic mass is 10.1. The zero-order chi connectivity index (χ0) is 21.8. The first-order valence-electron chi connectivity index (χ1n) is 10.2. The molecule has 3 aromatic rings. The van der Waals surface area contributed by atoms with Crippen molar-refractivity contribution in [3.05, 3.63) is 77.9 Å². The smallest absolute Gasteiger partial charge is 0.243 e. The molecule has 1 fully saturated rings. The Morgan fingerprint density at radius 1 is 1.13 bits per heavy atom. The normalized spacial score (nSPS) is 17.0. The number of rotatable bonds is 7. The highest BCUT2D eigenvalue weighted by Gasteiger charge is 2.39. The number of carbonyl (C=O) groups excluding carboxylic acids is 1. The number of aryl methyl sites for hydroxylation is 1. The lowest BCUT2D eigenvalue weighted by Crippen LogP contribution is -2.45. The van der Waals surface area contributed by atoms with E-state index in [1.807, 2.05) is 31.2 Å². The third-order valence-corrected chi connectivity index (χ3v) is 7.43. The Morgan fingerprint density at radius 2 is 1.87 bits per heavy atom. The van der Waals surface area contributed by atoms with E-state index in [9.17, 15) is 13.2 Å². The molecule has 9 heteroatoms. The van der Waals surface area contributed by atoms with Gasteiger partial charge in [-0.05, 0) is 43.0 Å². The molecule has 4 rings (SSSR count). The molecule has 0 unspecified atom stereocenters. The van der Waals surface area contributed by atoms with Crippen LogP contribution < -0.4 is 5.32 Å². The molecule has 8 nitrogen and oxygen atoms in total. The van der Waals surface area contributed by atoms with Gasteiger partial charge in [0.1, 0.15) is 18.7 Å². The molecule has 0 aliphatic carbocycles. The molecule has 1 atom stereocenters. The molecule has 0 bridgehead atoms. The largest absolute Gasteiger partial charge is 0.351 e. The van der Waals surface area contributed by atoms with Crippen LogP contribution in [0.25, 0.3) is 0 Å². The van der Waals surface area contributed by atoms with Gasteiger partial charge in [-0.2, -0.15) is 9.40 Å². The summed E-state index contributed by atoms with van der Waals surface area (Å²) in [7, 11) is -3.72. The number of carbonyl (C=O) groups is 1. The third-order valence-electron chi connectivity index (χ3n) is 5.50. The maximum atomic E-state index is 13.1. The number of sulfonamides is 1. The number of aromatic nitrogens is 3. The van der Waals surface area contributed by atoms with Crippen molar-refractivity contribution in [1.82, 2.24) is 24.4 Å². The van der Waals surface area contributed by atoms with Crippen molar-refractivity contribution in [3.8, 4) is 0 Å². The number of amides is 1. The van der Waals surface area contributed by atoms with Crippen LogP contribution in [-0.2, 0) is 27.9 Å². The summed E-state index contributed by atoms with van der Waals surface area (Å²) in [6.07, 6.45) is 4.29. The summed E-state index contributed by atoms with van der Waals surface area (Å²) in [6.45, 7) is 3.11. The second-order valence-electron chi connectivity index (χ2n) is 7.67. The summed E-state index contributed by atoms with van der Waals surface area (Å²) in [5, 5.41) is 7.06. The van der Waals surface area contributed by atoms with Crippen LogP contribution in [0.5, 0.6) is 0 Å². The van der Waals surface area contributed by atoms with Crippen molar-refractivity contribution in [3.63, 3.8) is 0 Å². The van der Waals surface area contributed by atoms with Crippen molar-refractivity contribution in [2.75, 3.05) is 6.54 Å². The molecule has 1 N–H and O–H groups in total. The number of nitrogens with one attached hydrogen (secondary N) is 1. The van der Waals surface area contributed by atoms with E-state index in [1.54, 1.807) is 35.3 Å². The van der Waals surface area contributed by atoms with Crippen LogP contribution in [0.1, 0.15) is 29.5 Å². The highest BCUT2D eigenvalue weighted by molar-refractivity contribution is 7.89. The number of hydrogen-bond donors (Lipinski definition) is 1. The van der Waals surface area contributed by atoms with Gasteiger partial charge in [0, 0.05) is 13.1 Å². The molecule has 0 saturated carbocycles. The summed E-state index contributed by atoms with van der Waals surface area (Å²) in [6, 6.07) is 13.8. The first-order valence-corrected chi connectivity index (χ1v) is 11.6. The van der Waals surface area contributed by atoms with Crippen molar-refractivity contribution in [2.45, 2.75) is 43.8 Å². The average molecular weight is 440 g/mol. The number of nitrogens with zero attached hydrogens (tertiary/aromatic N) is 4. The Morgan fingerprint density at radius 3 is 2.58 bits per heavy atom. The summed E-state index contributed by atoms with van der Waals surface area (Å²) in [4.78, 5) is 17.1. The molecule has 1 amide bonds. The molecule has 162 valence electrons. The lowest BCUT2D eigenvalue weighted by Gasteiger charge is -2.23. The molecule has 1 aliphatic heterocycles. The van der Waals surface area contributed by atoms with Crippen molar-refractivity contribution in [1.29, 1.82) is 0 Å². The topological polar surface area (TPSA) is 97.2 Å². The van der Waals surface area contributed by atoms with Crippen LogP contribution in [0.15, 0.2) is 66.1 Å². The average Bonchev–Trinajstić information content (AvgIpc) is 3.46. The predicted octanol–water partition coefficient (Wildman–Crippen LogP) is 2.10. The maximum Gasteiger partial charge on any atom is 0.243 e. The highest BCUT2D eigenvalue weighted by Crippen LogP contribution is 2.26. The fourth-order valence-electron chi connectivity index (χ4n) is 3.81. The SMILES string of the molecule is Cc1ccc(S(=O)(=O)N2CCC[C@H]2C(=O)NCc2ccccc2Cn2cncn2)cc1. The van der Waals surface area contributed by atoms with Gasteiger partial charge < -0.3 is 5.32 Å². The molecule has 2 aromatic carbocycles. The van der Waals surface area contributed by atoms with Gasteiger partial charge in [0.25, 0.3) is 0 Å². The summed E-state index contributed by atoms with van der Waals surface area (Å²) >= 11 is 0. The molecule has 31 heavy (non-hydrogen) atoms. The lowest BCUT2D eigenvalue weighted by molar-refractivity contribution is -0.124. The molecular weight excluding hydrogens is 414 g/mol. The van der Waals surface area contributed by atoms with Gasteiger partial charge in [0.2, 0.25) is 15.9 Å². The molecule has 0 spiro atoms. The summed E-state index contributed by atoms with van der Waals surface area (Å²) in [5.41, 5.74) is 2.96. The van der Waals surface area contributed by atoms with E-state index in [0.717, 1.165) is 16.7 Å². The van der Waals surface area contributed by atoms with Crippen LogP contribution in [0, 0.1) is 6.92 Å². The van der Waals surface area contributed by atoms with Gasteiger partial charge in [0.05, 0.1) is 11.4 Å². The van der Waals surface area contributed by atoms with Crippen LogP contribution in [0.4, 0.5) is 0 Å². The molecule has 1 saturated heterocycles. The van der Waals surface area contributed by atoms with Gasteiger partial charge in [0.15, 0.2) is 0 Å². The standard InChI is InChI=1S/C22H25N5O3S/c1-17-8-10-20(11-9-17)31(29,30)27-12-4-7-21(27)22(28)24-13-18-5-2-3-6-19(18)14-26-16-23-15-25-26/h2-3,5-6,8-11,15-16,21H,4,7,12-14H2,1H3,(H,24,28)/t21-/m0/s1. The maximum absolute atomic E-state index is 13.1. The Hall–Kier alpha value is -3.04. The molecule has 1 aromatic heterocycles. The fraction of sp³-hybridized carbons (Fsp3) is 0.318. The van der Waals surface area contributed by atoms with E-state index in [1.165, 1.54) is 10.6 Å². The van der Waals surface area contributed by atoms with E-state index in [-0.39, 0.29) is 10.8 Å². The van der Waals surface area contributed by atoms with Gasteiger partial charge in [-0.3, -0.25) is 4.79 Å². The minimum atomic E-state index is -3.72. The van der Waals surface area contributed by atoms with Crippen LogP contribution in [-0.4, -0.2) is 46.0 Å².